The zero-order valence-electron chi connectivity index (χ0n) is 17.0. The maximum atomic E-state index is 13.0. The Hall–Kier alpha value is -4.09. The summed E-state index contributed by atoms with van der Waals surface area (Å²) in [6.45, 7) is 0. The number of nitrogens with one attached hydrogen (secondary N) is 2. The van der Waals surface area contributed by atoms with Crippen molar-refractivity contribution in [1.29, 1.82) is 0 Å². The van der Waals surface area contributed by atoms with Crippen LogP contribution in [0.2, 0.25) is 5.02 Å². The summed E-state index contributed by atoms with van der Waals surface area (Å²) < 4.78 is 2.02. The number of rotatable bonds is 5. The number of halogens is 1. The van der Waals surface area contributed by atoms with Gasteiger partial charge in [0.25, 0.3) is 0 Å². The SMILES string of the molecule is O=c1cc(Nc2ccccc2)n(-c2ccccc2)c2cc(Nc3ccccc3Cl)ncc12. The molecule has 0 saturated heterocycles. The van der Waals surface area contributed by atoms with Crippen LogP contribution in [0.3, 0.4) is 0 Å². The largest absolute Gasteiger partial charge is 0.341 e. The fraction of sp³-hybridized carbons (Fsp3) is 0. The van der Waals surface area contributed by atoms with Crippen molar-refractivity contribution in [1.82, 2.24) is 9.55 Å². The average molecular weight is 439 g/mol. The van der Waals surface area contributed by atoms with E-state index in [9.17, 15) is 4.79 Å². The molecule has 0 spiro atoms. The van der Waals surface area contributed by atoms with E-state index in [0.717, 1.165) is 22.6 Å². The highest BCUT2D eigenvalue weighted by molar-refractivity contribution is 6.33. The number of benzene rings is 3. The molecule has 6 heteroatoms. The Kier molecular flexibility index (Phi) is 5.32. The Morgan fingerprint density at radius 3 is 2.22 bits per heavy atom. The van der Waals surface area contributed by atoms with Crippen LogP contribution >= 0.6 is 11.6 Å². The number of para-hydroxylation sites is 3. The summed E-state index contributed by atoms with van der Waals surface area (Å²) in [5.74, 6) is 1.25. The molecule has 0 unspecified atom stereocenters. The van der Waals surface area contributed by atoms with Gasteiger partial charge in [0, 0.05) is 29.7 Å². The van der Waals surface area contributed by atoms with Gasteiger partial charge in [0.05, 0.1) is 21.6 Å². The molecule has 2 N–H and O–H groups in total. The second-order valence-electron chi connectivity index (χ2n) is 7.25. The van der Waals surface area contributed by atoms with Gasteiger partial charge < -0.3 is 10.6 Å². The average Bonchev–Trinajstić information content (AvgIpc) is 2.82. The van der Waals surface area contributed by atoms with Crippen LogP contribution < -0.4 is 16.1 Å². The van der Waals surface area contributed by atoms with Crippen LogP contribution in [0.1, 0.15) is 0 Å². The zero-order valence-corrected chi connectivity index (χ0v) is 17.8. The molecule has 156 valence electrons. The monoisotopic (exact) mass is 438 g/mol. The molecule has 5 nitrogen and oxygen atoms in total. The van der Waals surface area contributed by atoms with Crippen LogP contribution in [0.25, 0.3) is 16.6 Å². The highest BCUT2D eigenvalue weighted by atomic mass is 35.5. The molecule has 0 bridgehead atoms. The molecular formula is C26H19ClN4O. The van der Waals surface area contributed by atoms with Gasteiger partial charge in [0.15, 0.2) is 5.43 Å². The highest BCUT2D eigenvalue weighted by Crippen LogP contribution is 2.28. The molecule has 2 heterocycles. The van der Waals surface area contributed by atoms with E-state index in [0.29, 0.717) is 22.0 Å². The maximum Gasteiger partial charge on any atom is 0.193 e. The molecule has 5 aromatic rings. The topological polar surface area (TPSA) is 59.0 Å². The minimum Gasteiger partial charge on any atom is -0.341 e. The van der Waals surface area contributed by atoms with Gasteiger partial charge in [-0.15, -0.1) is 0 Å². The standard InChI is InChI=1S/C26H19ClN4O/c27-21-13-7-8-14-22(21)30-25-15-23-20(17-28-25)24(32)16-26(29-18-9-3-1-4-10-18)31(23)19-11-5-2-6-12-19/h1-17,29H,(H,28,30). The lowest BCUT2D eigenvalue weighted by Gasteiger charge is -2.19. The molecule has 3 aromatic carbocycles. The van der Waals surface area contributed by atoms with E-state index in [1.54, 1.807) is 12.3 Å². The summed E-state index contributed by atoms with van der Waals surface area (Å²) in [5.41, 5.74) is 3.17. The summed E-state index contributed by atoms with van der Waals surface area (Å²) in [7, 11) is 0. The van der Waals surface area contributed by atoms with E-state index in [-0.39, 0.29) is 5.43 Å². The van der Waals surface area contributed by atoms with Crippen molar-refractivity contribution in [3.8, 4) is 5.69 Å². The van der Waals surface area contributed by atoms with E-state index >= 15 is 0 Å². The molecule has 5 rings (SSSR count). The highest BCUT2D eigenvalue weighted by Gasteiger charge is 2.13. The Morgan fingerprint density at radius 2 is 1.47 bits per heavy atom. The number of anilines is 4. The predicted octanol–water partition coefficient (Wildman–Crippen LogP) is 6.53. The third-order valence-electron chi connectivity index (χ3n) is 5.09. The number of pyridine rings is 2. The van der Waals surface area contributed by atoms with Crippen molar-refractivity contribution in [2.75, 3.05) is 10.6 Å². The van der Waals surface area contributed by atoms with Crippen molar-refractivity contribution in [3.63, 3.8) is 0 Å². The lowest BCUT2D eigenvalue weighted by molar-refractivity contribution is 1.10. The van der Waals surface area contributed by atoms with Gasteiger partial charge in [-0.2, -0.15) is 0 Å². The molecule has 0 saturated carbocycles. The maximum absolute atomic E-state index is 13.0. The number of hydrogen-bond donors (Lipinski definition) is 2. The van der Waals surface area contributed by atoms with E-state index in [1.165, 1.54) is 0 Å². The molecular weight excluding hydrogens is 420 g/mol. The fourth-order valence-electron chi connectivity index (χ4n) is 3.60. The Labute approximate surface area is 189 Å². The summed E-state index contributed by atoms with van der Waals surface area (Å²) in [4.78, 5) is 17.4. The molecule has 0 aliphatic carbocycles. The first kappa shape index (κ1) is 19.8. The Morgan fingerprint density at radius 1 is 0.781 bits per heavy atom. The van der Waals surface area contributed by atoms with E-state index in [2.05, 4.69) is 15.6 Å². The van der Waals surface area contributed by atoms with Crippen molar-refractivity contribution in [3.05, 3.63) is 119 Å². The molecule has 32 heavy (non-hydrogen) atoms. The minimum absolute atomic E-state index is 0.109. The summed E-state index contributed by atoms with van der Waals surface area (Å²) >= 11 is 6.30. The van der Waals surface area contributed by atoms with Gasteiger partial charge in [-0.05, 0) is 36.4 Å². The van der Waals surface area contributed by atoms with Crippen molar-refractivity contribution < 1.29 is 0 Å². The first-order valence-electron chi connectivity index (χ1n) is 10.1. The number of aromatic nitrogens is 2. The van der Waals surface area contributed by atoms with E-state index in [1.807, 2.05) is 95.6 Å². The van der Waals surface area contributed by atoms with E-state index < -0.39 is 0 Å². The van der Waals surface area contributed by atoms with Gasteiger partial charge in [-0.3, -0.25) is 9.36 Å². The van der Waals surface area contributed by atoms with Gasteiger partial charge in [0.2, 0.25) is 0 Å². The molecule has 0 atom stereocenters. The van der Waals surface area contributed by atoms with Crippen LogP contribution in [0, 0.1) is 0 Å². The predicted molar refractivity (Wildman–Crippen MR) is 132 cm³/mol. The lowest BCUT2D eigenvalue weighted by atomic mass is 10.2. The second kappa shape index (κ2) is 8.57. The van der Waals surface area contributed by atoms with Crippen LogP contribution in [0.5, 0.6) is 0 Å². The second-order valence-corrected chi connectivity index (χ2v) is 7.65. The Balaban J connectivity index is 1.71. The molecule has 0 amide bonds. The number of nitrogens with zero attached hydrogens (tertiary/aromatic N) is 2. The molecule has 0 fully saturated rings. The van der Waals surface area contributed by atoms with Gasteiger partial charge in [-0.25, -0.2) is 4.98 Å². The quantitative estimate of drug-likeness (QED) is 0.327. The first-order chi connectivity index (χ1) is 15.7. The van der Waals surface area contributed by atoms with Crippen molar-refractivity contribution in [2.45, 2.75) is 0 Å². The van der Waals surface area contributed by atoms with E-state index in [4.69, 9.17) is 11.6 Å². The fourth-order valence-corrected chi connectivity index (χ4v) is 3.78. The zero-order chi connectivity index (χ0) is 21.9. The molecule has 0 aliphatic heterocycles. The van der Waals surface area contributed by atoms with Crippen LogP contribution in [-0.2, 0) is 0 Å². The lowest BCUT2D eigenvalue weighted by Crippen LogP contribution is -2.13. The normalized spacial score (nSPS) is 10.8. The van der Waals surface area contributed by atoms with Crippen LogP contribution in [0.4, 0.5) is 23.0 Å². The van der Waals surface area contributed by atoms with Crippen LogP contribution in [-0.4, -0.2) is 9.55 Å². The summed E-state index contributed by atoms with van der Waals surface area (Å²) in [5, 5.41) is 7.75. The summed E-state index contributed by atoms with van der Waals surface area (Å²) in [6.07, 6.45) is 1.60. The Bertz CT molecular complexity index is 1450. The van der Waals surface area contributed by atoms with Gasteiger partial charge in [-0.1, -0.05) is 60.1 Å². The first-order valence-corrected chi connectivity index (χ1v) is 10.5. The molecule has 2 aromatic heterocycles. The summed E-state index contributed by atoms with van der Waals surface area (Å²) in [6, 6.07) is 30.6. The van der Waals surface area contributed by atoms with Crippen molar-refractivity contribution in [2.24, 2.45) is 0 Å². The third kappa shape index (κ3) is 3.94. The molecule has 0 radical (unpaired) electrons. The number of fused-ring (bicyclic) bond motifs is 1. The number of hydrogen-bond acceptors (Lipinski definition) is 4. The van der Waals surface area contributed by atoms with Gasteiger partial charge >= 0.3 is 0 Å². The van der Waals surface area contributed by atoms with Crippen molar-refractivity contribution >= 4 is 45.5 Å². The van der Waals surface area contributed by atoms with Crippen LogP contribution in [0.15, 0.2) is 108 Å². The minimum atomic E-state index is -0.109. The van der Waals surface area contributed by atoms with Gasteiger partial charge in [0.1, 0.15) is 11.6 Å². The third-order valence-corrected chi connectivity index (χ3v) is 5.42. The molecule has 0 aliphatic rings. The smallest absolute Gasteiger partial charge is 0.193 e.